The van der Waals surface area contributed by atoms with Crippen LogP contribution in [0.15, 0.2) is 12.1 Å². The maximum atomic E-state index is 10.8. The Labute approximate surface area is 109 Å². The Morgan fingerprint density at radius 2 is 1.39 bits per heavy atom. The second-order valence-corrected chi connectivity index (χ2v) is 6.21. The van der Waals surface area contributed by atoms with Crippen molar-refractivity contribution in [2.24, 2.45) is 10.3 Å². The Morgan fingerprint density at radius 1 is 0.944 bits per heavy atom. The summed E-state index contributed by atoms with van der Waals surface area (Å²) in [4.78, 5) is 0. The largest absolute Gasteiger partial charge is 0.397 e. The van der Waals surface area contributed by atoms with Crippen LogP contribution in [-0.2, 0) is 20.4 Å². The Morgan fingerprint density at radius 3 is 1.83 bits per heavy atom. The monoisotopic (exact) mass is 315 g/mol. The van der Waals surface area contributed by atoms with Crippen molar-refractivity contribution in [3.05, 3.63) is 17.2 Å². The van der Waals surface area contributed by atoms with Crippen LogP contribution in [-0.4, -0.2) is 16.8 Å². The van der Waals surface area contributed by atoms with Crippen molar-refractivity contribution < 1.29 is 16.8 Å². The third-order valence-corrected chi connectivity index (χ3v) is 2.97. The van der Waals surface area contributed by atoms with E-state index in [1.54, 1.807) is 0 Å². The number of nitrogens with one attached hydrogen (secondary N) is 2. The molecule has 0 atom stereocenters. The van der Waals surface area contributed by atoms with E-state index in [1.165, 1.54) is 0 Å². The molecule has 102 valence electrons. The lowest BCUT2D eigenvalue weighted by molar-refractivity contribution is 0.601. The quantitative estimate of drug-likeness (QED) is 0.455. The highest BCUT2D eigenvalue weighted by Crippen LogP contribution is 2.31. The normalized spacial score (nSPS) is 12.2. The van der Waals surface area contributed by atoms with Gasteiger partial charge in [-0.3, -0.25) is 9.44 Å². The second kappa shape index (κ2) is 4.78. The smallest absolute Gasteiger partial charge is 0.296 e. The first kappa shape index (κ1) is 14.8. The van der Waals surface area contributed by atoms with Crippen LogP contribution < -0.4 is 25.5 Å². The lowest BCUT2D eigenvalue weighted by atomic mass is 10.2. The van der Waals surface area contributed by atoms with Crippen LogP contribution in [0.25, 0.3) is 0 Å². The van der Waals surface area contributed by atoms with Crippen molar-refractivity contribution in [1.29, 1.82) is 0 Å². The van der Waals surface area contributed by atoms with Crippen molar-refractivity contribution in [2.45, 2.75) is 0 Å². The van der Waals surface area contributed by atoms with E-state index in [4.69, 9.17) is 27.6 Å². The Kier molecular flexibility index (Phi) is 3.92. The Hall–Kier alpha value is -1.27. The van der Waals surface area contributed by atoms with E-state index in [1.807, 2.05) is 9.44 Å². The van der Waals surface area contributed by atoms with Gasteiger partial charge in [-0.15, -0.1) is 0 Å². The minimum Gasteiger partial charge on any atom is -0.397 e. The lowest BCUT2D eigenvalue weighted by Crippen LogP contribution is -2.24. The number of benzene rings is 1. The van der Waals surface area contributed by atoms with Gasteiger partial charge in [-0.25, -0.2) is 10.3 Å². The van der Waals surface area contributed by atoms with Gasteiger partial charge in [0.25, 0.3) is 20.4 Å². The molecule has 0 amide bonds. The zero-order chi connectivity index (χ0) is 14.1. The van der Waals surface area contributed by atoms with Crippen molar-refractivity contribution >= 4 is 49.1 Å². The van der Waals surface area contributed by atoms with Gasteiger partial charge in [0.05, 0.1) is 22.1 Å². The molecule has 0 aliphatic rings. The Bertz CT molecular complexity index is 616. The fraction of sp³-hybridized carbons (Fsp3) is 0. The number of halogens is 1. The number of hydrogen-bond donors (Lipinski definition) is 5. The first-order chi connectivity index (χ1) is 7.98. The third kappa shape index (κ3) is 4.54. The van der Waals surface area contributed by atoms with Gasteiger partial charge in [-0.05, 0) is 12.1 Å². The van der Waals surface area contributed by atoms with Gasteiger partial charge in [-0.2, -0.15) is 16.8 Å². The molecule has 0 aliphatic heterocycles. The van der Waals surface area contributed by atoms with E-state index in [0.717, 1.165) is 12.1 Å². The molecule has 18 heavy (non-hydrogen) atoms. The molecule has 0 spiro atoms. The molecule has 9 nitrogen and oxygen atoms in total. The van der Waals surface area contributed by atoms with Crippen molar-refractivity contribution in [1.82, 2.24) is 0 Å². The molecule has 0 aromatic heterocycles. The summed E-state index contributed by atoms with van der Waals surface area (Å²) in [7, 11) is -8.11. The molecule has 1 aromatic rings. The van der Waals surface area contributed by atoms with Gasteiger partial charge < -0.3 is 5.73 Å². The molecule has 0 aliphatic carbocycles. The molecule has 0 bridgehead atoms. The topological polar surface area (TPSA) is 170 Å². The van der Waals surface area contributed by atoms with Gasteiger partial charge >= 0.3 is 0 Å². The highest BCUT2D eigenvalue weighted by molar-refractivity contribution is 7.90. The summed E-state index contributed by atoms with van der Waals surface area (Å²) in [6.45, 7) is 0. The number of anilines is 3. The summed E-state index contributed by atoms with van der Waals surface area (Å²) in [6.07, 6.45) is 0. The summed E-state index contributed by atoms with van der Waals surface area (Å²) < 4.78 is 47.2. The van der Waals surface area contributed by atoms with Gasteiger partial charge in [0.1, 0.15) is 0 Å². The average Bonchev–Trinajstić information content (AvgIpc) is 2.08. The third-order valence-electron chi connectivity index (χ3n) is 1.64. The van der Waals surface area contributed by atoms with Crippen LogP contribution in [0.5, 0.6) is 0 Å². The molecule has 0 radical (unpaired) electrons. The standard InChI is InChI=1S/C6H10ClN5O4S2/c7-3-1-4(8)6(12-18(10,15)16)2-5(3)11-17(9,13)14/h1-2,11-12H,8H2,(H2,9,13,14)(H2,10,15,16). The lowest BCUT2D eigenvalue weighted by Gasteiger charge is -2.12. The highest BCUT2D eigenvalue weighted by Gasteiger charge is 2.13. The minimum atomic E-state index is -4.06. The molecule has 0 saturated carbocycles. The van der Waals surface area contributed by atoms with Crippen LogP contribution in [0.3, 0.4) is 0 Å². The van der Waals surface area contributed by atoms with Crippen molar-refractivity contribution in [2.75, 3.05) is 15.2 Å². The zero-order valence-electron chi connectivity index (χ0n) is 8.71. The predicted octanol–water partition coefficient (Wildman–Crippen LogP) is -0.847. The molecule has 8 N–H and O–H groups in total. The molecule has 0 saturated heterocycles. The average molecular weight is 316 g/mol. The number of rotatable bonds is 4. The highest BCUT2D eigenvalue weighted by atomic mass is 35.5. The summed E-state index contributed by atoms with van der Waals surface area (Å²) in [5.41, 5.74) is 5.18. The fourth-order valence-electron chi connectivity index (χ4n) is 1.06. The number of nitrogen functional groups attached to an aromatic ring is 1. The van der Waals surface area contributed by atoms with E-state index >= 15 is 0 Å². The Balaban J connectivity index is 3.26. The van der Waals surface area contributed by atoms with Crippen LogP contribution in [0, 0.1) is 0 Å². The van der Waals surface area contributed by atoms with Crippen molar-refractivity contribution in [3.63, 3.8) is 0 Å². The molecule has 1 aromatic carbocycles. The SMILES string of the molecule is Nc1cc(Cl)c(NS(N)(=O)=O)cc1NS(N)(=O)=O. The molecule has 1 rings (SSSR count). The molecule has 0 unspecified atom stereocenters. The predicted molar refractivity (Wildman–Crippen MR) is 69.3 cm³/mol. The van der Waals surface area contributed by atoms with Crippen LogP contribution in [0.4, 0.5) is 17.1 Å². The zero-order valence-corrected chi connectivity index (χ0v) is 11.1. The maximum absolute atomic E-state index is 10.8. The minimum absolute atomic E-state index is 0.0333. The van der Waals surface area contributed by atoms with Gasteiger partial charge in [-0.1, -0.05) is 11.6 Å². The van der Waals surface area contributed by atoms with Gasteiger partial charge in [0.15, 0.2) is 0 Å². The molecular formula is C6H10ClN5O4S2. The summed E-state index contributed by atoms with van der Waals surface area (Å²) in [5.74, 6) is 0. The van der Waals surface area contributed by atoms with Crippen molar-refractivity contribution in [3.8, 4) is 0 Å². The fourth-order valence-corrected chi connectivity index (χ4v) is 2.30. The van der Waals surface area contributed by atoms with Crippen LogP contribution in [0.1, 0.15) is 0 Å². The molecule has 0 heterocycles. The van der Waals surface area contributed by atoms with Crippen LogP contribution in [0.2, 0.25) is 5.02 Å². The van der Waals surface area contributed by atoms with E-state index in [0.29, 0.717) is 0 Å². The van der Waals surface area contributed by atoms with E-state index < -0.39 is 20.4 Å². The first-order valence-electron chi connectivity index (χ1n) is 4.18. The van der Waals surface area contributed by atoms with E-state index in [2.05, 4.69) is 0 Å². The van der Waals surface area contributed by atoms with E-state index in [9.17, 15) is 16.8 Å². The summed E-state index contributed by atoms with van der Waals surface area (Å²) >= 11 is 5.71. The maximum Gasteiger partial charge on any atom is 0.296 e. The molecule has 0 fully saturated rings. The molecule has 12 heteroatoms. The number of nitrogens with two attached hydrogens (primary N) is 3. The second-order valence-electron chi connectivity index (χ2n) is 3.21. The summed E-state index contributed by atoms with van der Waals surface area (Å²) in [5, 5.41) is 9.47. The van der Waals surface area contributed by atoms with Gasteiger partial charge in [0.2, 0.25) is 0 Å². The first-order valence-corrected chi connectivity index (χ1v) is 7.65. The summed E-state index contributed by atoms with van der Waals surface area (Å²) in [6, 6.07) is 2.19. The molecular weight excluding hydrogens is 306 g/mol. The van der Waals surface area contributed by atoms with Crippen LogP contribution >= 0.6 is 11.6 Å². The van der Waals surface area contributed by atoms with Gasteiger partial charge in [0, 0.05) is 0 Å². The number of hydrogen-bond acceptors (Lipinski definition) is 5. The van der Waals surface area contributed by atoms with E-state index in [-0.39, 0.29) is 22.1 Å².